The summed E-state index contributed by atoms with van der Waals surface area (Å²) in [7, 11) is 0. The molecule has 0 atom stereocenters. The van der Waals surface area contributed by atoms with E-state index < -0.39 is 0 Å². The molecule has 1 amide bonds. The smallest absolute Gasteiger partial charge is 0.221 e. The van der Waals surface area contributed by atoms with Gasteiger partial charge in [0.05, 0.1) is 5.56 Å². The van der Waals surface area contributed by atoms with Gasteiger partial charge in [0.15, 0.2) is 6.29 Å². The second-order valence-corrected chi connectivity index (χ2v) is 4.75. The third kappa shape index (κ3) is 3.10. The average molecular weight is 286 g/mol. The maximum atomic E-state index is 11.3. The zero-order valence-electron chi connectivity index (χ0n) is 12.1. The van der Waals surface area contributed by atoms with E-state index in [1.807, 2.05) is 6.92 Å². The van der Waals surface area contributed by atoms with Crippen LogP contribution in [0.3, 0.4) is 0 Å². The van der Waals surface area contributed by atoms with E-state index in [0.29, 0.717) is 29.3 Å². The number of carbonyl (C=O) groups is 2. The molecular weight excluding hydrogens is 268 g/mol. The largest absolute Gasteiger partial charge is 0.383 e. The predicted molar refractivity (Wildman–Crippen MR) is 82.1 cm³/mol. The number of anilines is 2. The molecule has 1 aromatic carbocycles. The van der Waals surface area contributed by atoms with Gasteiger partial charge in [-0.25, -0.2) is 4.68 Å². The second kappa shape index (κ2) is 6.21. The van der Waals surface area contributed by atoms with Gasteiger partial charge < -0.3 is 11.1 Å². The van der Waals surface area contributed by atoms with Gasteiger partial charge in [-0.3, -0.25) is 9.59 Å². The Bertz CT molecular complexity index is 659. The summed E-state index contributed by atoms with van der Waals surface area (Å²) in [5.41, 5.74) is 8.38. The number of hydrogen-bond donors (Lipinski definition) is 2. The van der Waals surface area contributed by atoms with Crippen LogP contribution in [-0.4, -0.2) is 22.0 Å². The maximum absolute atomic E-state index is 11.3. The fourth-order valence-corrected chi connectivity index (χ4v) is 2.12. The van der Waals surface area contributed by atoms with Gasteiger partial charge in [0.2, 0.25) is 5.91 Å². The molecule has 2 rings (SSSR count). The first-order valence-electron chi connectivity index (χ1n) is 6.76. The summed E-state index contributed by atoms with van der Waals surface area (Å²) in [5.74, 6) is 0.251. The van der Waals surface area contributed by atoms with Gasteiger partial charge in [0.1, 0.15) is 11.5 Å². The van der Waals surface area contributed by atoms with Crippen LogP contribution in [0.5, 0.6) is 0 Å². The van der Waals surface area contributed by atoms with Crippen LogP contribution in [0.2, 0.25) is 0 Å². The van der Waals surface area contributed by atoms with Crippen LogP contribution in [-0.2, 0) is 11.3 Å². The van der Waals surface area contributed by atoms with E-state index >= 15 is 0 Å². The topological polar surface area (TPSA) is 90.0 Å². The number of nitrogens with one attached hydrogen (secondary N) is 1. The highest BCUT2D eigenvalue weighted by atomic mass is 16.1. The number of nitrogens with zero attached hydrogens (tertiary/aromatic N) is 2. The fraction of sp³-hybridized carbons (Fsp3) is 0.267. The minimum absolute atomic E-state index is 0.132. The van der Waals surface area contributed by atoms with Crippen molar-refractivity contribution in [2.24, 2.45) is 0 Å². The van der Waals surface area contributed by atoms with Crippen LogP contribution >= 0.6 is 0 Å². The SMILES string of the molecule is CCCn1nc(-c2ccc(NC(C)=O)cc2)c(C=O)c1N. The molecule has 0 aliphatic heterocycles. The summed E-state index contributed by atoms with van der Waals surface area (Å²) in [6.45, 7) is 4.13. The number of rotatable bonds is 5. The Hall–Kier alpha value is -2.63. The van der Waals surface area contributed by atoms with Gasteiger partial charge in [0.25, 0.3) is 0 Å². The summed E-state index contributed by atoms with van der Waals surface area (Å²) in [6.07, 6.45) is 1.61. The first kappa shape index (κ1) is 14.8. The van der Waals surface area contributed by atoms with Crippen molar-refractivity contribution in [3.05, 3.63) is 29.8 Å². The Morgan fingerprint density at radius 1 is 1.38 bits per heavy atom. The lowest BCUT2D eigenvalue weighted by molar-refractivity contribution is -0.114. The number of amides is 1. The Balaban J connectivity index is 2.39. The Morgan fingerprint density at radius 2 is 2.05 bits per heavy atom. The maximum Gasteiger partial charge on any atom is 0.221 e. The number of nitrogen functional groups attached to an aromatic ring is 1. The van der Waals surface area contributed by atoms with Gasteiger partial charge in [-0.15, -0.1) is 0 Å². The van der Waals surface area contributed by atoms with Crippen molar-refractivity contribution >= 4 is 23.7 Å². The number of hydrogen-bond acceptors (Lipinski definition) is 4. The highest BCUT2D eigenvalue weighted by molar-refractivity contribution is 5.92. The van der Waals surface area contributed by atoms with E-state index in [-0.39, 0.29) is 5.91 Å². The molecule has 2 aromatic rings. The Morgan fingerprint density at radius 3 is 2.57 bits per heavy atom. The highest BCUT2D eigenvalue weighted by Crippen LogP contribution is 2.27. The third-order valence-electron chi connectivity index (χ3n) is 3.06. The van der Waals surface area contributed by atoms with Crippen molar-refractivity contribution in [1.82, 2.24) is 9.78 Å². The molecule has 0 radical (unpaired) electrons. The molecule has 1 heterocycles. The Kier molecular flexibility index (Phi) is 4.37. The van der Waals surface area contributed by atoms with E-state index in [2.05, 4.69) is 10.4 Å². The summed E-state index contributed by atoms with van der Waals surface area (Å²) >= 11 is 0. The standard InChI is InChI=1S/C15H18N4O2/c1-3-8-19-15(16)13(9-20)14(18-19)11-4-6-12(7-5-11)17-10(2)21/h4-7,9H,3,8,16H2,1-2H3,(H,17,21). The fourth-order valence-electron chi connectivity index (χ4n) is 2.12. The van der Waals surface area contributed by atoms with Crippen molar-refractivity contribution in [1.29, 1.82) is 0 Å². The van der Waals surface area contributed by atoms with Gasteiger partial charge in [-0.1, -0.05) is 19.1 Å². The molecule has 0 aliphatic carbocycles. The number of aryl methyl sites for hydroxylation is 1. The lowest BCUT2D eigenvalue weighted by Crippen LogP contribution is -2.05. The molecule has 0 saturated heterocycles. The van der Waals surface area contributed by atoms with Crippen LogP contribution in [0.15, 0.2) is 24.3 Å². The summed E-state index contributed by atoms with van der Waals surface area (Å²) in [4.78, 5) is 22.3. The third-order valence-corrected chi connectivity index (χ3v) is 3.06. The van der Waals surface area contributed by atoms with E-state index in [0.717, 1.165) is 18.3 Å². The van der Waals surface area contributed by atoms with Gasteiger partial charge in [-0.2, -0.15) is 5.10 Å². The molecule has 0 aliphatic rings. The summed E-state index contributed by atoms with van der Waals surface area (Å²) in [6, 6.07) is 7.13. The first-order valence-corrected chi connectivity index (χ1v) is 6.76. The minimum atomic E-state index is -0.132. The molecule has 0 bridgehead atoms. The van der Waals surface area contributed by atoms with Crippen LogP contribution in [0.1, 0.15) is 30.6 Å². The molecule has 110 valence electrons. The minimum Gasteiger partial charge on any atom is -0.383 e. The molecule has 3 N–H and O–H groups in total. The van der Waals surface area contributed by atoms with Gasteiger partial charge in [-0.05, 0) is 18.6 Å². The number of aromatic nitrogens is 2. The quantitative estimate of drug-likeness (QED) is 0.825. The van der Waals surface area contributed by atoms with E-state index in [1.54, 1.807) is 28.9 Å². The van der Waals surface area contributed by atoms with E-state index in [1.165, 1.54) is 6.92 Å². The molecule has 1 aromatic heterocycles. The molecule has 0 spiro atoms. The van der Waals surface area contributed by atoms with Crippen molar-refractivity contribution in [3.8, 4) is 11.3 Å². The van der Waals surface area contributed by atoms with Crippen molar-refractivity contribution in [3.63, 3.8) is 0 Å². The predicted octanol–water partition coefficient (Wildman–Crippen LogP) is 2.31. The van der Waals surface area contributed by atoms with E-state index in [4.69, 9.17) is 5.73 Å². The number of aldehydes is 1. The Labute approximate surface area is 122 Å². The first-order chi connectivity index (χ1) is 10.1. The van der Waals surface area contributed by atoms with Crippen LogP contribution in [0, 0.1) is 0 Å². The molecule has 0 unspecified atom stereocenters. The molecule has 0 saturated carbocycles. The molecular formula is C15H18N4O2. The van der Waals surface area contributed by atoms with Gasteiger partial charge >= 0.3 is 0 Å². The zero-order chi connectivity index (χ0) is 15.4. The number of benzene rings is 1. The van der Waals surface area contributed by atoms with Gasteiger partial charge in [0, 0.05) is 24.7 Å². The normalized spacial score (nSPS) is 10.4. The van der Waals surface area contributed by atoms with Crippen molar-refractivity contribution < 1.29 is 9.59 Å². The average Bonchev–Trinajstić information content (AvgIpc) is 2.76. The molecule has 6 nitrogen and oxygen atoms in total. The summed E-state index contributed by atoms with van der Waals surface area (Å²) < 4.78 is 1.64. The van der Waals surface area contributed by atoms with Crippen LogP contribution in [0.4, 0.5) is 11.5 Å². The van der Waals surface area contributed by atoms with Crippen LogP contribution in [0.25, 0.3) is 11.3 Å². The highest BCUT2D eigenvalue weighted by Gasteiger charge is 2.16. The lowest BCUT2D eigenvalue weighted by Gasteiger charge is -2.03. The second-order valence-electron chi connectivity index (χ2n) is 4.75. The zero-order valence-corrected chi connectivity index (χ0v) is 12.1. The van der Waals surface area contributed by atoms with Crippen molar-refractivity contribution in [2.45, 2.75) is 26.8 Å². The summed E-state index contributed by atoms with van der Waals surface area (Å²) in [5, 5.41) is 7.09. The van der Waals surface area contributed by atoms with E-state index in [9.17, 15) is 9.59 Å². The number of nitrogens with two attached hydrogens (primary N) is 1. The lowest BCUT2D eigenvalue weighted by atomic mass is 10.1. The monoisotopic (exact) mass is 286 g/mol. The number of carbonyl (C=O) groups excluding carboxylic acids is 2. The molecule has 0 fully saturated rings. The molecule has 6 heteroatoms. The van der Waals surface area contributed by atoms with Crippen molar-refractivity contribution in [2.75, 3.05) is 11.1 Å². The van der Waals surface area contributed by atoms with Crippen LogP contribution < -0.4 is 11.1 Å². The molecule has 21 heavy (non-hydrogen) atoms.